The zero-order valence-electron chi connectivity index (χ0n) is 15.6. The van der Waals surface area contributed by atoms with Crippen LogP contribution in [0.1, 0.15) is 38.2 Å². The number of hydrogen-bond donors (Lipinski definition) is 1. The molecule has 0 saturated carbocycles. The molecule has 1 atom stereocenters. The van der Waals surface area contributed by atoms with E-state index in [1.807, 2.05) is 31.0 Å². The lowest BCUT2D eigenvalue weighted by Crippen LogP contribution is -2.60. The molecule has 0 radical (unpaired) electrons. The summed E-state index contributed by atoms with van der Waals surface area (Å²) in [6.07, 6.45) is 4.19. The molecular formula is C19H29N3O3S. The maximum absolute atomic E-state index is 13.0. The molecule has 0 aromatic heterocycles. The van der Waals surface area contributed by atoms with E-state index in [9.17, 15) is 13.2 Å². The molecule has 2 N–H and O–H groups in total. The van der Waals surface area contributed by atoms with Gasteiger partial charge in [-0.3, -0.25) is 9.69 Å². The van der Waals surface area contributed by atoms with E-state index in [2.05, 4.69) is 0 Å². The van der Waals surface area contributed by atoms with Gasteiger partial charge in [-0.1, -0.05) is 19.1 Å². The number of likely N-dealkylation sites (tertiary alicyclic amines) is 1. The van der Waals surface area contributed by atoms with Gasteiger partial charge in [-0.05, 0) is 68.8 Å². The number of benzene rings is 1. The molecule has 1 unspecified atom stereocenters. The van der Waals surface area contributed by atoms with Gasteiger partial charge in [-0.2, -0.15) is 4.31 Å². The molecule has 1 aromatic carbocycles. The van der Waals surface area contributed by atoms with E-state index in [0.717, 1.165) is 31.4 Å². The molecule has 0 aliphatic carbocycles. The molecule has 2 aliphatic heterocycles. The van der Waals surface area contributed by atoms with Crippen molar-refractivity contribution in [2.45, 2.75) is 50.0 Å². The molecular weight excluding hydrogens is 350 g/mol. The largest absolute Gasteiger partial charge is 0.368 e. The van der Waals surface area contributed by atoms with Gasteiger partial charge in [0.1, 0.15) is 0 Å². The fourth-order valence-electron chi connectivity index (χ4n) is 4.67. The summed E-state index contributed by atoms with van der Waals surface area (Å²) in [7, 11) is -1.55. The highest BCUT2D eigenvalue weighted by atomic mass is 32.2. The summed E-state index contributed by atoms with van der Waals surface area (Å²) in [6.45, 7) is 3.79. The van der Waals surface area contributed by atoms with E-state index in [0.29, 0.717) is 30.8 Å². The molecule has 2 fully saturated rings. The number of hydrogen-bond acceptors (Lipinski definition) is 4. The zero-order valence-corrected chi connectivity index (χ0v) is 16.5. The van der Waals surface area contributed by atoms with Crippen molar-refractivity contribution in [1.82, 2.24) is 9.21 Å². The Kier molecular flexibility index (Phi) is 5.42. The lowest BCUT2D eigenvalue weighted by molar-refractivity contribution is -0.132. The van der Waals surface area contributed by atoms with E-state index in [1.165, 1.54) is 0 Å². The molecule has 1 spiro atoms. The van der Waals surface area contributed by atoms with Gasteiger partial charge in [-0.25, -0.2) is 8.42 Å². The van der Waals surface area contributed by atoms with Crippen molar-refractivity contribution in [2.24, 2.45) is 11.1 Å². The van der Waals surface area contributed by atoms with E-state index >= 15 is 0 Å². The fourth-order valence-corrected chi connectivity index (χ4v) is 6.12. The Labute approximate surface area is 156 Å². The summed E-state index contributed by atoms with van der Waals surface area (Å²) in [4.78, 5) is 14.4. The van der Waals surface area contributed by atoms with E-state index in [1.54, 1.807) is 16.4 Å². The summed E-state index contributed by atoms with van der Waals surface area (Å²) in [6, 6.07) is 6.83. The van der Waals surface area contributed by atoms with Crippen LogP contribution in [0.2, 0.25) is 0 Å². The van der Waals surface area contributed by atoms with Crippen LogP contribution in [0.5, 0.6) is 0 Å². The fraction of sp³-hybridized carbons (Fsp3) is 0.632. The molecule has 1 amide bonds. The molecule has 2 saturated heterocycles. The van der Waals surface area contributed by atoms with Crippen LogP contribution in [0.4, 0.5) is 0 Å². The number of sulfonamides is 1. The van der Waals surface area contributed by atoms with Crippen molar-refractivity contribution < 1.29 is 13.2 Å². The third-order valence-electron chi connectivity index (χ3n) is 6.16. The van der Waals surface area contributed by atoms with Crippen molar-refractivity contribution in [2.75, 3.05) is 26.7 Å². The zero-order chi connectivity index (χ0) is 18.9. The number of nitrogens with zero attached hydrogens (tertiary/aromatic N) is 2. The topological polar surface area (TPSA) is 83.7 Å². The minimum absolute atomic E-state index is 0.197. The van der Waals surface area contributed by atoms with Gasteiger partial charge in [0.25, 0.3) is 0 Å². The van der Waals surface area contributed by atoms with E-state index in [-0.39, 0.29) is 17.4 Å². The summed E-state index contributed by atoms with van der Waals surface area (Å²) in [5.74, 6) is -0.293. The smallest absolute Gasteiger partial charge is 0.243 e. The predicted molar refractivity (Wildman–Crippen MR) is 101 cm³/mol. The summed E-state index contributed by atoms with van der Waals surface area (Å²) in [5.41, 5.74) is 6.61. The first-order chi connectivity index (χ1) is 12.3. The SMILES string of the molecule is CCc1ccc(S(=O)(=O)N2CCC3(CCCN(C)C3C(N)=O)CC2)cc1. The first-order valence-electron chi connectivity index (χ1n) is 9.39. The van der Waals surface area contributed by atoms with Crippen LogP contribution < -0.4 is 5.73 Å². The van der Waals surface area contributed by atoms with Crippen molar-refractivity contribution in [3.63, 3.8) is 0 Å². The molecule has 7 heteroatoms. The minimum atomic E-state index is -3.49. The lowest BCUT2D eigenvalue weighted by Gasteiger charge is -2.51. The molecule has 1 aromatic rings. The highest BCUT2D eigenvalue weighted by Gasteiger charge is 2.49. The number of amides is 1. The van der Waals surface area contributed by atoms with Crippen molar-refractivity contribution in [3.8, 4) is 0 Å². The van der Waals surface area contributed by atoms with Crippen LogP contribution in [-0.2, 0) is 21.2 Å². The normalized spacial score (nSPS) is 24.6. The maximum atomic E-state index is 13.0. The highest BCUT2D eigenvalue weighted by molar-refractivity contribution is 7.89. The molecule has 144 valence electrons. The molecule has 3 rings (SSSR count). The van der Waals surface area contributed by atoms with Crippen LogP contribution in [0.15, 0.2) is 29.2 Å². The van der Waals surface area contributed by atoms with Crippen molar-refractivity contribution in [3.05, 3.63) is 29.8 Å². The lowest BCUT2D eigenvalue weighted by atomic mass is 9.67. The Morgan fingerprint density at radius 3 is 2.31 bits per heavy atom. The second-order valence-corrected chi connectivity index (χ2v) is 9.59. The second kappa shape index (κ2) is 7.29. The molecule has 2 aliphatic rings. The number of carbonyl (C=O) groups excluding carboxylic acids is 1. The van der Waals surface area contributed by atoms with Gasteiger partial charge >= 0.3 is 0 Å². The Bertz CT molecular complexity index is 753. The average Bonchev–Trinajstić information content (AvgIpc) is 2.62. The Hall–Kier alpha value is -1.44. The number of primary amides is 1. The molecule has 0 bridgehead atoms. The van der Waals surface area contributed by atoms with Crippen molar-refractivity contribution >= 4 is 15.9 Å². The summed E-state index contributed by atoms with van der Waals surface area (Å²) < 4.78 is 27.5. The van der Waals surface area contributed by atoms with Crippen LogP contribution >= 0.6 is 0 Å². The Morgan fingerprint density at radius 2 is 1.77 bits per heavy atom. The highest BCUT2D eigenvalue weighted by Crippen LogP contribution is 2.44. The van der Waals surface area contributed by atoms with Crippen LogP contribution in [0.3, 0.4) is 0 Å². The number of likely N-dealkylation sites (N-methyl/N-ethyl adjacent to an activating group) is 1. The van der Waals surface area contributed by atoms with Gasteiger partial charge in [0.15, 0.2) is 0 Å². The second-order valence-electron chi connectivity index (χ2n) is 7.65. The number of aryl methyl sites for hydroxylation is 1. The standard InChI is InChI=1S/C19H29N3O3S/c1-3-15-5-7-16(8-6-15)26(24,25)22-13-10-19(11-14-22)9-4-12-21(2)17(19)18(20)23/h5-8,17H,3-4,9-14H2,1-2H3,(H2,20,23). The van der Waals surface area contributed by atoms with Crippen molar-refractivity contribution in [1.29, 1.82) is 0 Å². The summed E-state index contributed by atoms with van der Waals surface area (Å²) in [5, 5.41) is 0. The number of carbonyl (C=O) groups is 1. The third-order valence-corrected chi connectivity index (χ3v) is 8.08. The monoisotopic (exact) mass is 379 g/mol. The van der Waals surface area contributed by atoms with Crippen LogP contribution in [0.25, 0.3) is 0 Å². The predicted octanol–water partition coefficient (Wildman–Crippen LogP) is 1.60. The number of piperidine rings is 2. The van der Waals surface area contributed by atoms with Crippen LogP contribution in [-0.4, -0.2) is 56.3 Å². The molecule has 6 nitrogen and oxygen atoms in total. The van der Waals surface area contributed by atoms with Gasteiger partial charge in [-0.15, -0.1) is 0 Å². The van der Waals surface area contributed by atoms with Gasteiger partial charge in [0.2, 0.25) is 15.9 Å². The van der Waals surface area contributed by atoms with Crippen LogP contribution in [0, 0.1) is 5.41 Å². The number of nitrogens with two attached hydrogens (primary N) is 1. The quantitative estimate of drug-likeness (QED) is 0.861. The van der Waals surface area contributed by atoms with Gasteiger partial charge in [0, 0.05) is 13.1 Å². The Morgan fingerprint density at radius 1 is 1.15 bits per heavy atom. The number of rotatable bonds is 4. The van der Waals surface area contributed by atoms with Gasteiger partial charge in [0.05, 0.1) is 10.9 Å². The van der Waals surface area contributed by atoms with E-state index < -0.39 is 10.0 Å². The average molecular weight is 380 g/mol. The van der Waals surface area contributed by atoms with E-state index in [4.69, 9.17) is 5.73 Å². The first kappa shape index (κ1) is 19.3. The third kappa shape index (κ3) is 3.40. The first-order valence-corrected chi connectivity index (χ1v) is 10.8. The maximum Gasteiger partial charge on any atom is 0.243 e. The molecule has 26 heavy (non-hydrogen) atoms. The Balaban J connectivity index is 1.77. The minimum Gasteiger partial charge on any atom is -0.368 e. The van der Waals surface area contributed by atoms with Gasteiger partial charge < -0.3 is 5.73 Å². The molecule has 2 heterocycles. The summed E-state index contributed by atoms with van der Waals surface area (Å²) >= 11 is 0.